The summed E-state index contributed by atoms with van der Waals surface area (Å²) in [5, 5.41) is 12.4. The van der Waals surface area contributed by atoms with E-state index in [1.807, 2.05) is 11.6 Å². The van der Waals surface area contributed by atoms with Crippen molar-refractivity contribution in [3.8, 4) is 0 Å². The van der Waals surface area contributed by atoms with Crippen molar-refractivity contribution >= 4 is 32.0 Å². The van der Waals surface area contributed by atoms with Gasteiger partial charge in [-0.1, -0.05) is 0 Å². The quantitative estimate of drug-likeness (QED) is 0.564. The average molecular weight is 338 g/mol. The number of hydrogen-bond acceptors (Lipinski definition) is 6. The maximum absolute atomic E-state index is 12.1. The molecule has 0 bridgehead atoms. The molecule has 3 rings (SSSR count). The highest BCUT2D eigenvalue weighted by atomic mass is 32.2. The number of nitrogens with one attached hydrogen (secondary N) is 1. The monoisotopic (exact) mass is 338 g/mol. The third-order valence-corrected chi connectivity index (χ3v) is 5.13. The van der Waals surface area contributed by atoms with Crippen molar-refractivity contribution in [3.63, 3.8) is 0 Å². The van der Waals surface area contributed by atoms with E-state index in [0.717, 1.165) is 17.1 Å². The highest BCUT2D eigenvalue weighted by molar-refractivity contribution is 7.89. The summed E-state index contributed by atoms with van der Waals surface area (Å²) in [6.07, 6.45) is 3.57. The fourth-order valence-corrected chi connectivity index (χ4v) is 3.58. The van der Waals surface area contributed by atoms with E-state index in [2.05, 4.69) is 9.71 Å². The Kier molecular flexibility index (Phi) is 3.64. The number of non-ortho nitro benzene ring substituents is 1. The van der Waals surface area contributed by atoms with Gasteiger partial charge in [-0.3, -0.25) is 14.5 Å². The first-order chi connectivity index (χ1) is 10.5. The van der Waals surface area contributed by atoms with Crippen molar-refractivity contribution < 1.29 is 13.3 Å². The minimum Gasteiger partial charge on any atom is -0.297 e. The first kappa shape index (κ1) is 14.6. The SMILES string of the molecule is O=[N+]([O-])c1ccc(S(=O)(=O)NCc2cn3ccsc3n2)cc1. The largest absolute Gasteiger partial charge is 0.297 e. The van der Waals surface area contributed by atoms with E-state index >= 15 is 0 Å². The summed E-state index contributed by atoms with van der Waals surface area (Å²) < 4.78 is 28.5. The van der Waals surface area contributed by atoms with E-state index in [1.165, 1.54) is 23.5 Å². The Morgan fingerprint density at radius 2 is 2.05 bits per heavy atom. The van der Waals surface area contributed by atoms with E-state index < -0.39 is 14.9 Å². The number of benzene rings is 1. The van der Waals surface area contributed by atoms with Crippen LogP contribution < -0.4 is 4.72 Å². The maximum Gasteiger partial charge on any atom is 0.269 e. The van der Waals surface area contributed by atoms with E-state index in [1.54, 1.807) is 10.6 Å². The summed E-state index contributed by atoms with van der Waals surface area (Å²) in [7, 11) is -3.74. The molecule has 114 valence electrons. The molecule has 2 aromatic heterocycles. The van der Waals surface area contributed by atoms with Crippen LogP contribution >= 0.6 is 11.3 Å². The molecule has 3 aromatic rings. The van der Waals surface area contributed by atoms with Crippen LogP contribution in [0.2, 0.25) is 0 Å². The predicted molar refractivity (Wildman–Crippen MR) is 80.2 cm³/mol. The van der Waals surface area contributed by atoms with Crippen molar-refractivity contribution in [2.24, 2.45) is 0 Å². The molecule has 0 unspecified atom stereocenters. The van der Waals surface area contributed by atoms with Crippen LogP contribution in [-0.4, -0.2) is 22.7 Å². The van der Waals surface area contributed by atoms with Crippen molar-refractivity contribution in [2.75, 3.05) is 0 Å². The Morgan fingerprint density at radius 1 is 1.32 bits per heavy atom. The third kappa shape index (κ3) is 2.84. The Balaban J connectivity index is 1.75. The van der Waals surface area contributed by atoms with Crippen molar-refractivity contribution in [1.29, 1.82) is 0 Å². The smallest absolute Gasteiger partial charge is 0.269 e. The van der Waals surface area contributed by atoms with Crippen LogP contribution in [0.25, 0.3) is 4.96 Å². The molecule has 0 aliphatic rings. The second-order valence-electron chi connectivity index (χ2n) is 4.40. The molecule has 1 aromatic carbocycles. The molecule has 0 spiro atoms. The molecule has 1 N–H and O–H groups in total. The summed E-state index contributed by atoms with van der Waals surface area (Å²) >= 11 is 1.45. The lowest BCUT2D eigenvalue weighted by Crippen LogP contribution is -2.23. The molecule has 2 heterocycles. The normalized spacial score (nSPS) is 11.8. The summed E-state index contributed by atoms with van der Waals surface area (Å²) in [5.74, 6) is 0. The molecule has 0 saturated heterocycles. The summed E-state index contributed by atoms with van der Waals surface area (Å²) in [5.41, 5.74) is 0.436. The molecule has 0 amide bonds. The van der Waals surface area contributed by atoms with Crippen LogP contribution in [0.15, 0.2) is 46.9 Å². The highest BCUT2D eigenvalue weighted by Crippen LogP contribution is 2.16. The van der Waals surface area contributed by atoms with E-state index in [-0.39, 0.29) is 17.1 Å². The molecule has 10 heteroatoms. The van der Waals surface area contributed by atoms with Crippen molar-refractivity contribution in [3.05, 3.63) is 57.8 Å². The molecular formula is C12H10N4O4S2. The van der Waals surface area contributed by atoms with Gasteiger partial charge in [0.25, 0.3) is 5.69 Å². The van der Waals surface area contributed by atoms with Gasteiger partial charge in [-0.15, -0.1) is 11.3 Å². The zero-order chi connectivity index (χ0) is 15.7. The molecule has 22 heavy (non-hydrogen) atoms. The number of aromatic nitrogens is 2. The first-order valence-corrected chi connectivity index (χ1v) is 8.47. The number of rotatable bonds is 5. The van der Waals surface area contributed by atoms with Crippen molar-refractivity contribution in [1.82, 2.24) is 14.1 Å². The van der Waals surface area contributed by atoms with Crippen LogP contribution in [-0.2, 0) is 16.6 Å². The van der Waals surface area contributed by atoms with Gasteiger partial charge < -0.3 is 0 Å². The van der Waals surface area contributed by atoms with Gasteiger partial charge in [0.1, 0.15) is 0 Å². The van der Waals surface area contributed by atoms with E-state index in [4.69, 9.17) is 0 Å². The second-order valence-corrected chi connectivity index (χ2v) is 7.04. The van der Waals surface area contributed by atoms with Crippen LogP contribution in [0, 0.1) is 10.1 Å². The molecule has 0 saturated carbocycles. The number of imidazole rings is 1. The lowest BCUT2D eigenvalue weighted by atomic mass is 10.3. The van der Waals surface area contributed by atoms with Gasteiger partial charge in [-0.2, -0.15) is 0 Å². The molecule has 0 aliphatic carbocycles. The fourth-order valence-electron chi connectivity index (χ4n) is 1.86. The second kappa shape index (κ2) is 5.48. The number of nitro benzene ring substituents is 1. The summed E-state index contributed by atoms with van der Waals surface area (Å²) in [6, 6.07) is 4.71. The van der Waals surface area contributed by atoms with E-state index in [9.17, 15) is 18.5 Å². The number of fused-ring (bicyclic) bond motifs is 1. The third-order valence-electron chi connectivity index (χ3n) is 2.94. The minimum absolute atomic E-state index is 0.0286. The lowest BCUT2D eigenvalue weighted by Gasteiger charge is -2.04. The fraction of sp³-hybridized carbons (Fsp3) is 0.0833. The van der Waals surface area contributed by atoms with E-state index in [0.29, 0.717) is 5.69 Å². The molecular weight excluding hydrogens is 328 g/mol. The summed E-state index contributed by atoms with van der Waals surface area (Å²) in [4.78, 5) is 15.0. The molecule has 0 fully saturated rings. The Labute approximate surface area is 129 Å². The zero-order valence-corrected chi connectivity index (χ0v) is 12.7. The molecule has 0 radical (unpaired) electrons. The van der Waals surface area contributed by atoms with Gasteiger partial charge >= 0.3 is 0 Å². The predicted octanol–water partition coefficient (Wildman–Crippen LogP) is 1.78. The number of hydrogen-bond donors (Lipinski definition) is 1. The van der Waals surface area contributed by atoms with Gasteiger partial charge in [0.15, 0.2) is 4.96 Å². The molecule has 8 nitrogen and oxygen atoms in total. The average Bonchev–Trinajstić information content (AvgIpc) is 3.06. The molecule has 0 aliphatic heterocycles. The number of sulfonamides is 1. The standard InChI is InChI=1S/C12H10N4O4S2/c17-16(18)10-1-3-11(4-2-10)22(19,20)13-7-9-8-15-5-6-21-12(15)14-9/h1-6,8,13H,7H2. The lowest BCUT2D eigenvalue weighted by molar-refractivity contribution is -0.384. The Morgan fingerprint density at radius 3 is 2.68 bits per heavy atom. The minimum atomic E-state index is -3.74. The van der Waals surface area contributed by atoms with Crippen LogP contribution in [0.1, 0.15) is 5.69 Å². The Bertz CT molecular complexity index is 899. The molecule has 0 atom stereocenters. The van der Waals surface area contributed by atoms with Gasteiger partial charge in [0.05, 0.1) is 22.1 Å². The summed E-state index contributed by atoms with van der Waals surface area (Å²) in [6.45, 7) is 0.0493. The topological polar surface area (TPSA) is 107 Å². The number of thiazole rings is 1. The van der Waals surface area contributed by atoms with Crippen LogP contribution in [0.5, 0.6) is 0 Å². The van der Waals surface area contributed by atoms with Gasteiger partial charge in [0.2, 0.25) is 10.0 Å². The van der Waals surface area contributed by atoms with Crippen molar-refractivity contribution in [2.45, 2.75) is 11.4 Å². The van der Waals surface area contributed by atoms with Gasteiger partial charge in [-0.25, -0.2) is 18.1 Å². The maximum atomic E-state index is 12.1. The van der Waals surface area contributed by atoms with Gasteiger partial charge in [-0.05, 0) is 12.1 Å². The zero-order valence-electron chi connectivity index (χ0n) is 11.0. The Hall–Kier alpha value is -2.30. The number of nitro groups is 1. The number of nitrogens with zero attached hydrogens (tertiary/aromatic N) is 3. The van der Waals surface area contributed by atoms with Crippen LogP contribution in [0.4, 0.5) is 5.69 Å². The first-order valence-electron chi connectivity index (χ1n) is 6.11. The highest BCUT2D eigenvalue weighted by Gasteiger charge is 2.16. The van der Waals surface area contributed by atoms with Gasteiger partial charge in [0, 0.05) is 29.9 Å². The van der Waals surface area contributed by atoms with Crippen LogP contribution in [0.3, 0.4) is 0 Å².